The van der Waals surface area contributed by atoms with Crippen LogP contribution in [0.2, 0.25) is 0 Å². The van der Waals surface area contributed by atoms with Gasteiger partial charge in [0.15, 0.2) is 0 Å². The summed E-state index contributed by atoms with van der Waals surface area (Å²) < 4.78 is 0. The van der Waals surface area contributed by atoms with Gasteiger partial charge in [0.25, 0.3) is 0 Å². The van der Waals surface area contributed by atoms with E-state index >= 15 is 0 Å². The standard InChI is InChI=1S/C27H44N4O5/c1-16(2)12-20(28)24(32)29-21(13-17(3)4)25(33)30-22(15-19-10-8-7-9-11-19)26(34)31-23(27(35)36)14-18(5)6/h7-11,16-18,20-23H,12-15,28H2,1-6H3,(H,29,32)(H,30,33)(H,31,34)(H,35,36)/t20-,21-,22-,23-/m0/s1. The highest BCUT2D eigenvalue weighted by molar-refractivity contribution is 5.94. The average molecular weight is 505 g/mol. The van der Waals surface area contributed by atoms with E-state index in [0.29, 0.717) is 12.8 Å². The molecule has 0 aromatic heterocycles. The molecule has 0 unspecified atom stereocenters. The molecule has 9 nitrogen and oxygen atoms in total. The fourth-order valence-electron chi connectivity index (χ4n) is 3.89. The summed E-state index contributed by atoms with van der Waals surface area (Å²) in [6.45, 7) is 11.5. The lowest BCUT2D eigenvalue weighted by Crippen LogP contribution is -2.58. The fraction of sp³-hybridized carbons (Fsp3) is 0.630. The number of nitrogens with two attached hydrogens (primary N) is 1. The smallest absolute Gasteiger partial charge is 0.326 e. The Kier molecular flexibility index (Phi) is 13.2. The number of carboxylic acids is 1. The molecular weight excluding hydrogens is 460 g/mol. The van der Waals surface area contributed by atoms with Crippen LogP contribution in [-0.2, 0) is 25.6 Å². The van der Waals surface area contributed by atoms with Crippen molar-refractivity contribution in [2.24, 2.45) is 23.5 Å². The molecule has 0 aliphatic carbocycles. The van der Waals surface area contributed by atoms with Crippen molar-refractivity contribution in [3.05, 3.63) is 35.9 Å². The summed E-state index contributed by atoms with van der Waals surface area (Å²) in [4.78, 5) is 50.8. The molecule has 36 heavy (non-hydrogen) atoms. The van der Waals surface area contributed by atoms with Crippen LogP contribution in [0.5, 0.6) is 0 Å². The van der Waals surface area contributed by atoms with E-state index in [-0.39, 0.29) is 30.6 Å². The molecule has 1 aromatic rings. The lowest BCUT2D eigenvalue weighted by atomic mass is 9.99. The van der Waals surface area contributed by atoms with Crippen LogP contribution in [0.1, 0.15) is 66.4 Å². The van der Waals surface area contributed by atoms with Gasteiger partial charge in [0.2, 0.25) is 17.7 Å². The molecule has 1 aromatic carbocycles. The van der Waals surface area contributed by atoms with E-state index < -0.39 is 47.9 Å². The molecule has 0 heterocycles. The minimum atomic E-state index is -1.13. The maximum Gasteiger partial charge on any atom is 0.326 e. The number of carboxylic acid groups (broad SMARTS) is 1. The van der Waals surface area contributed by atoms with Gasteiger partial charge in [-0.3, -0.25) is 14.4 Å². The molecule has 3 amide bonds. The van der Waals surface area contributed by atoms with Crippen molar-refractivity contribution in [3.63, 3.8) is 0 Å². The molecule has 0 radical (unpaired) electrons. The summed E-state index contributed by atoms with van der Waals surface area (Å²) in [5, 5.41) is 17.6. The van der Waals surface area contributed by atoms with E-state index in [2.05, 4.69) is 16.0 Å². The van der Waals surface area contributed by atoms with Crippen LogP contribution in [0.4, 0.5) is 0 Å². The number of amides is 3. The summed E-state index contributed by atoms with van der Waals surface area (Å²) in [5.41, 5.74) is 6.81. The third-order valence-corrected chi connectivity index (χ3v) is 5.64. The molecule has 9 heteroatoms. The Balaban J connectivity index is 3.11. The van der Waals surface area contributed by atoms with Crippen LogP contribution in [0, 0.1) is 17.8 Å². The number of carbonyl (C=O) groups is 4. The van der Waals surface area contributed by atoms with E-state index in [0.717, 1.165) is 5.56 Å². The quantitative estimate of drug-likeness (QED) is 0.247. The topological polar surface area (TPSA) is 151 Å². The summed E-state index contributed by atoms with van der Waals surface area (Å²) in [6.07, 6.45) is 1.26. The Hall–Kier alpha value is -2.94. The van der Waals surface area contributed by atoms with Crippen LogP contribution < -0.4 is 21.7 Å². The highest BCUT2D eigenvalue weighted by Gasteiger charge is 2.31. The molecule has 0 spiro atoms. The normalized spacial score (nSPS) is 14.7. The number of benzene rings is 1. The second-order valence-electron chi connectivity index (χ2n) is 10.7. The van der Waals surface area contributed by atoms with Crippen LogP contribution in [0.25, 0.3) is 0 Å². The number of nitrogens with one attached hydrogen (secondary N) is 3. The van der Waals surface area contributed by atoms with Crippen molar-refractivity contribution in [3.8, 4) is 0 Å². The third-order valence-electron chi connectivity index (χ3n) is 5.64. The first-order valence-corrected chi connectivity index (χ1v) is 12.7. The third kappa shape index (κ3) is 11.7. The van der Waals surface area contributed by atoms with E-state index in [1.165, 1.54) is 0 Å². The van der Waals surface area contributed by atoms with Crippen molar-refractivity contribution in [1.29, 1.82) is 0 Å². The Morgan fingerprint density at radius 3 is 1.64 bits per heavy atom. The molecule has 202 valence electrons. The number of aliphatic carboxylic acids is 1. The minimum absolute atomic E-state index is 0.0502. The van der Waals surface area contributed by atoms with Gasteiger partial charge in [-0.1, -0.05) is 71.9 Å². The number of hydrogen-bond donors (Lipinski definition) is 5. The maximum atomic E-state index is 13.3. The highest BCUT2D eigenvalue weighted by atomic mass is 16.4. The maximum absolute atomic E-state index is 13.3. The predicted molar refractivity (Wildman–Crippen MR) is 140 cm³/mol. The number of rotatable bonds is 15. The molecule has 0 aliphatic rings. The zero-order valence-electron chi connectivity index (χ0n) is 22.4. The molecule has 1 rings (SSSR count). The van der Waals surface area contributed by atoms with Crippen LogP contribution in [0.3, 0.4) is 0 Å². The first kappa shape index (κ1) is 31.1. The zero-order valence-corrected chi connectivity index (χ0v) is 22.4. The van der Waals surface area contributed by atoms with Gasteiger partial charge in [0.1, 0.15) is 18.1 Å². The largest absolute Gasteiger partial charge is 0.480 e. The number of carbonyl (C=O) groups excluding carboxylic acids is 3. The molecule has 0 saturated carbocycles. The second-order valence-corrected chi connectivity index (χ2v) is 10.7. The van der Waals surface area contributed by atoms with Gasteiger partial charge >= 0.3 is 5.97 Å². The van der Waals surface area contributed by atoms with Gasteiger partial charge in [-0.15, -0.1) is 0 Å². The molecule has 0 saturated heterocycles. The van der Waals surface area contributed by atoms with Gasteiger partial charge in [-0.25, -0.2) is 4.79 Å². The summed E-state index contributed by atoms with van der Waals surface area (Å²) in [5.74, 6) is -2.30. The van der Waals surface area contributed by atoms with Gasteiger partial charge in [-0.05, 0) is 42.6 Å². The van der Waals surface area contributed by atoms with E-state index in [4.69, 9.17) is 5.73 Å². The van der Waals surface area contributed by atoms with Crippen molar-refractivity contribution >= 4 is 23.7 Å². The van der Waals surface area contributed by atoms with Gasteiger partial charge < -0.3 is 26.8 Å². The first-order valence-electron chi connectivity index (χ1n) is 12.7. The predicted octanol–water partition coefficient (Wildman–Crippen LogP) is 2.23. The minimum Gasteiger partial charge on any atom is -0.480 e. The Morgan fingerprint density at radius 2 is 1.14 bits per heavy atom. The van der Waals surface area contributed by atoms with Crippen molar-refractivity contribution in [1.82, 2.24) is 16.0 Å². The monoisotopic (exact) mass is 504 g/mol. The summed E-state index contributed by atoms with van der Waals surface area (Å²) in [7, 11) is 0. The molecule has 0 bridgehead atoms. The van der Waals surface area contributed by atoms with Crippen LogP contribution in [0.15, 0.2) is 30.3 Å². The lowest BCUT2D eigenvalue weighted by molar-refractivity contribution is -0.142. The lowest BCUT2D eigenvalue weighted by Gasteiger charge is -2.26. The van der Waals surface area contributed by atoms with E-state index in [1.54, 1.807) is 0 Å². The Labute approximate surface area is 215 Å². The SMILES string of the molecule is CC(C)C[C@H](NC(=O)[C@H](Cc1ccccc1)NC(=O)[C@H](CC(C)C)NC(=O)[C@@H](N)CC(C)C)C(=O)O. The first-order chi connectivity index (χ1) is 16.8. The number of hydrogen-bond acceptors (Lipinski definition) is 5. The van der Waals surface area contributed by atoms with Gasteiger partial charge in [0.05, 0.1) is 6.04 Å². The fourth-order valence-corrected chi connectivity index (χ4v) is 3.89. The second kappa shape index (κ2) is 15.2. The Bertz CT molecular complexity index is 857. The van der Waals surface area contributed by atoms with Crippen LogP contribution >= 0.6 is 0 Å². The molecular formula is C27H44N4O5. The van der Waals surface area contributed by atoms with Crippen LogP contribution in [-0.4, -0.2) is 53.0 Å². The molecule has 0 aliphatic heterocycles. The molecule has 6 N–H and O–H groups in total. The molecule has 4 atom stereocenters. The average Bonchev–Trinajstić information content (AvgIpc) is 2.77. The van der Waals surface area contributed by atoms with E-state index in [9.17, 15) is 24.3 Å². The van der Waals surface area contributed by atoms with Gasteiger partial charge in [0, 0.05) is 6.42 Å². The van der Waals surface area contributed by atoms with E-state index in [1.807, 2.05) is 71.9 Å². The van der Waals surface area contributed by atoms with Crippen molar-refractivity contribution in [2.75, 3.05) is 0 Å². The Morgan fingerprint density at radius 1 is 0.694 bits per heavy atom. The summed E-state index contributed by atoms with van der Waals surface area (Å²) in [6, 6.07) is 5.41. The molecule has 0 fully saturated rings. The highest BCUT2D eigenvalue weighted by Crippen LogP contribution is 2.11. The van der Waals surface area contributed by atoms with Crippen molar-refractivity contribution < 1.29 is 24.3 Å². The van der Waals surface area contributed by atoms with Gasteiger partial charge in [-0.2, -0.15) is 0 Å². The summed E-state index contributed by atoms with van der Waals surface area (Å²) >= 11 is 0. The zero-order chi connectivity index (χ0) is 27.4. The van der Waals surface area contributed by atoms with Crippen molar-refractivity contribution in [2.45, 2.75) is 91.4 Å².